The summed E-state index contributed by atoms with van der Waals surface area (Å²) in [6.07, 6.45) is 10.5. The van der Waals surface area contributed by atoms with E-state index in [9.17, 15) is 9.28 Å². The first-order chi connectivity index (χ1) is 18.4. The van der Waals surface area contributed by atoms with Gasteiger partial charge in [-0.05, 0) is 116 Å². The standard InChI is InChI=1S/C29H35FNO3P.C3H6/c1-20-15-24(17-29(30)31-20)27-12-11-25(33-2)18-28(27)23-9-7-22(8-10-23)19-34-26-6-4-5-21(16-26)13-14-35(3)32;1-2-3-1/h4-6,11-12,15-18,22-23,32H,7-10,13-14,19H2,1-3H3;1-3H2. The molecule has 0 saturated heterocycles. The summed E-state index contributed by atoms with van der Waals surface area (Å²) < 4.78 is 25.7. The Hall–Kier alpha value is -2.49. The fourth-order valence-electron chi connectivity index (χ4n) is 4.99. The van der Waals surface area contributed by atoms with Gasteiger partial charge in [-0.1, -0.05) is 37.5 Å². The second-order valence-corrected chi connectivity index (χ2v) is 12.4. The fourth-order valence-corrected chi connectivity index (χ4v) is 5.57. The van der Waals surface area contributed by atoms with E-state index in [1.54, 1.807) is 7.11 Å². The Morgan fingerprint density at radius 1 is 0.974 bits per heavy atom. The highest BCUT2D eigenvalue weighted by atomic mass is 31.1. The van der Waals surface area contributed by atoms with Crippen LogP contribution in [0.1, 0.15) is 67.7 Å². The number of aromatic nitrogens is 1. The molecule has 2 aliphatic carbocycles. The molecule has 1 atom stereocenters. The molecule has 1 aromatic heterocycles. The molecule has 2 fully saturated rings. The molecule has 38 heavy (non-hydrogen) atoms. The van der Waals surface area contributed by atoms with Crippen molar-refractivity contribution < 1.29 is 18.8 Å². The molecule has 0 bridgehead atoms. The number of halogens is 1. The van der Waals surface area contributed by atoms with Gasteiger partial charge in [0.05, 0.1) is 13.7 Å². The van der Waals surface area contributed by atoms with Gasteiger partial charge >= 0.3 is 0 Å². The summed E-state index contributed by atoms with van der Waals surface area (Å²) in [4.78, 5) is 13.5. The van der Waals surface area contributed by atoms with Crippen LogP contribution in [-0.4, -0.2) is 36.4 Å². The quantitative estimate of drug-likeness (QED) is 0.220. The average molecular weight is 538 g/mol. The molecule has 2 saturated carbocycles. The van der Waals surface area contributed by atoms with Crippen LogP contribution in [0.5, 0.6) is 11.5 Å². The molecule has 0 amide bonds. The number of methoxy groups -OCH3 is 1. The Bertz CT molecular complexity index is 1150. The smallest absolute Gasteiger partial charge is 0.213 e. The number of hydrogen-bond donors (Lipinski definition) is 1. The molecule has 5 rings (SSSR count). The fraction of sp³-hybridized carbons (Fsp3) is 0.469. The van der Waals surface area contributed by atoms with Crippen molar-refractivity contribution in [3.8, 4) is 22.6 Å². The van der Waals surface area contributed by atoms with Crippen LogP contribution in [0, 0.1) is 18.8 Å². The van der Waals surface area contributed by atoms with Gasteiger partial charge in [0, 0.05) is 19.9 Å². The van der Waals surface area contributed by atoms with E-state index < -0.39 is 14.1 Å². The third-order valence-electron chi connectivity index (χ3n) is 7.24. The summed E-state index contributed by atoms with van der Waals surface area (Å²) in [6.45, 7) is 4.43. The van der Waals surface area contributed by atoms with Crippen LogP contribution in [0.4, 0.5) is 4.39 Å². The second kappa shape index (κ2) is 14.1. The molecular weight excluding hydrogens is 496 g/mol. The topological polar surface area (TPSA) is 51.6 Å². The first kappa shape index (κ1) is 28.5. The van der Waals surface area contributed by atoms with Crippen molar-refractivity contribution in [1.82, 2.24) is 4.98 Å². The molecule has 0 radical (unpaired) electrons. The van der Waals surface area contributed by atoms with Crippen molar-refractivity contribution in [1.29, 1.82) is 0 Å². The van der Waals surface area contributed by atoms with E-state index in [1.807, 2.05) is 43.9 Å². The van der Waals surface area contributed by atoms with Gasteiger partial charge in [-0.15, -0.1) is 0 Å². The molecule has 3 aromatic rings. The maximum Gasteiger partial charge on any atom is 0.213 e. The third kappa shape index (κ3) is 8.78. The second-order valence-electron chi connectivity index (χ2n) is 10.6. The van der Waals surface area contributed by atoms with Gasteiger partial charge in [0.2, 0.25) is 5.95 Å². The maximum absolute atomic E-state index is 14.1. The van der Waals surface area contributed by atoms with Crippen LogP contribution >= 0.6 is 8.15 Å². The first-order valence-corrected chi connectivity index (χ1v) is 15.8. The lowest BCUT2D eigenvalue weighted by Gasteiger charge is -2.30. The van der Waals surface area contributed by atoms with E-state index >= 15 is 0 Å². The largest absolute Gasteiger partial charge is 0.497 e. The number of nitrogens with zero attached hydrogens (tertiary/aromatic N) is 1. The number of aryl methyl sites for hydroxylation is 2. The number of hydrogen-bond acceptors (Lipinski definition) is 4. The summed E-state index contributed by atoms with van der Waals surface area (Å²) in [7, 11) is 0.814. The summed E-state index contributed by atoms with van der Waals surface area (Å²) in [5.41, 5.74) is 5.04. The van der Waals surface area contributed by atoms with Gasteiger partial charge < -0.3 is 14.4 Å². The van der Waals surface area contributed by atoms with Crippen molar-refractivity contribution in [2.75, 3.05) is 26.5 Å². The number of ether oxygens (including phenoxy) is 2. The minimum Gasteiger partial charge on any atom is -0.497 e. The predicted molar refractivity (Wildman–Crippen MR) is 155 cm³/mol. The molecule has 2 aromatic carbocycles. The lowest BCUT2D eigenvalue weighted by Crippen LogP contribution is -2.19. The van der Waals surface area contributed by atoms with Gasteiger partial charge in [0.15, 0.2) is 0 Å². The van der Waals surface area contributed by atoms with E-state index in [1.165, 1.54) is 36.5 Å². The van der Waals surface area contributed by atoms with Gasteiger partial charge in [-0.3, -0.25) is 0 Å². The first-order valence-electron chi connectivity index (χ1n) is 13.9. The van der Waals surface area contributed by atoms with Gasteiger partial charge in [-0.25, -0.2) is 4.98 Å². The molecular formula is C32H41FNO3P. The molecule has 0 spiro atoms. The molecule has 2 aliphatic rings. The van der Waals surface area contributed by atoms with Crippen LogP contribution in [0.25, 0.3) is 11.1 Å². The highest BCUT2D eigenvalue weighted by Gasteiger charge is 2.25. The van der Waals surface area contributed by atoms with Gasteiger partial charge in [-0.2, -0.15) is 4.39 Å². The van der Waals surface area contributed by atoms with E-state index in [0.717, 1.165) is 67.5 Å². The molecule has 6 heteroatoms. The van der Waals surface area contributed by atoms with E-state index in [4.69, 9.17) is 9.47 Å². The Morgan fingerprint density at radius 3 is 2.39 bits per heavy atom. The zero-order valence-electron chi connectivity index (χ0n) is 23.0. The Balaban J connectivity index is 0.00000105. The SMILES string of the molecule is C1CC1.COc1ccc(-c2cc(C)nc(F)c2)c(C2CCC(COc3cccc(CCP(C)O)c3)CC2)c1. The monoisotopic (exact) mass is 537 g/mol. The van der Waals surface area contributed by atoms with Gasteiger partial charge in [0.25, 0.3) is 0 Å². The van der Waals surface area contributed by atoms with E-state index in [2.05, 4.69) is 23.2 Å². The van der Waals surface area contributed by atoms with E-state index in [0.29, 0.717) is 17.5 Å². The summed E-state index contributed by atoms with van der Waals surface area (Å²) in [6, 6.07) is 17.8. The van der Waals surface area contributed by atoms with Crippen LogP contribution < -0.4 is 9.47 Å². The van der Waals surface area contributed by atoms with Gasteiger partial charge in [0.1, 0.15) is 11.5 Å². The predicted octanol–water partition coefficient (Wildman–Crippen LogP) is 8.29. The van der Waals surface area contributed by atoms with Crippen LogP contribution in [0.15, 0.2) is 54.6 Å². The lowest BCUT2D eigenvalue weighted by molar-refractivity contribution is 0.200. The summed E-state index contributed by atoms with van der Waals surface area (Å²) in [5.74, 6) is 2.22. The minimum atomic E-state index is -0.870. The van der Waals surface area contributed by atoms with Crippen molar-refractivity contribution in [2.45, 2.75) is 64.2 Å². The third-order valence-corrected chi connectivity index (χ3v) is 8.11. The van der Waals surface area contributed by atoms with E-state index in [-0.39, 0.29) is 0 Å². The van der Waals surface area contributed by atoms with Crippen molar-refractivity contribution in [3.63, 3.8) is 0 Å². The van der Waals surface area contributed by atoms with Crippen molar-refractivity contribution in [3.05, 3.63) is 77.4 Å². The summed E-state index contributed by atoms with van der Waals surface area (Å²) >= 11 is 0. The normalized spacial score (nSPS) is 19.2. The van der Waals surface area contributed by atoms with Crippen LogP contribution in [0.3, 0.4) is 0 Å². The molecule has 1 unspecified atom stereocenters. The Kier molecular flexibility index (Phi) is 10.5. The number of rotatable bonds is 9. The average Bonchev–Trinajstić information content (AvgIpc) is 3.80. The van der Waals surface area contributed by atoms with Crippen molar-refractivity contribution in [2.24, 2.45) is 5.92 Å². The zero-order chi connectivity index (χ0) is 26.9. The molecule has 0 aliphatic heterocycles. The maximum atomic E-state index is 14.1. The number of pyridine rings is 1. The Labute approximate surface area is 228 Å². The highest BCUT2D eigenvalue weighted by Crippen LogP contribution is 2.42. The molecule has 204 valence electrons. The minimum absolute atomic E-state index is 0.402. The molecule has 1 N–H and O–H groups in total. The van der Waals surface area contributed by atoms with Crippen LogP contribution in [0.2, 0.25) is 0 Å². The zero-order valence-corrected chi connectivity index (χ0v) is 23.9. The van der Waals surface area contributed by atoms with Crippen LogP contribution in [-0.2, 0) is 6.42 Å². The lowest BCUT2D eigenvalue weighted by atomic mass is 9.77. The number of benzene rings is 2. The highest BCUT2D eigenvalue weighted by molar-refractivity contribution is 7.50. The van der Waals surface area contributed by atoms with Crippen molar-refractivity contribution >= 4 is 8.15 Å². The summed E-state index contributed by atoms with van der Waals surface area (Å²) in [5, 5.41) is 0. The Morgan fingerprint density at radius 2 is 1.74 bits per heavy atom. The molecule has 1 heterocycles. The molecule has 4 nitrogen and oxygen atoms in total.